The van der Waals surface area contributed by atoms with Gasteiger partial charge in [0, 0.05) is 33.7 Å². The van der Waals surface area contributed by atoms with E-state index in [1.54, 1.807) is 0 Å². The van der Waals surface area contributed by atoms with Crippen molar-refractivity contribution >= 4 is 80.3 Å². The quantitative estimate of drug-likeness (QED) is 0.142. The monoisotopic (exact) mass is 960 g/mol. The molecule has 0 amide bonds. The van der Waals surface area contributed by atoms with Crippen LogP contribution in [0.2, 0.25) is 0 Å². The highest BCUT2D eigenvalue weighted by Gasteiger charge is 2.52. The summed E-state index contributed by atoms with van der Waals surface area (Å²) in [5, 5.41) is 0. The molecule has 0 saturated heterocycles. The van der Waals surface area contributed by atoms with Gasteiger partial charge in [0.1, 0.15) is 23.0 Å². The van der Waals surface area contributed by atoms with Crippen molar-refractivity contribution in [3.63, 3.8) is 0 Å². The minimum absolute atomic E-state index is 0.172. The lowest BCUT2D eigenvalue weighted by Crippen LogP contribution is -2.64. The predicted octanol–water partition coefficient (Wildman–Crippen LogP) is 14.9. The van der Waals surface area contributed by atoms with E-state index in [0.29, 0.717) is 23.7 Å². The van der Waals surface area contributed by atoms with E-state index in [1.165, 1.54) is 55.4 Å². The fourth-order valence-electron chi connectivity index (χ4n) is 12.2. The average Bonchev–Trinajstić information content (AvgIpc) is 3.46. The number of aryl methyl sites for hydroxylation is 2. The highest BCUT2D eigenvalue weighted by atomic mass is 16.5. The molecule has 0 saturated carbocycles. The van der Waals surface area contributed by atoms with E-state index < -0.39 is 0 Å². The maximum absolute atomic E-state index is 7.85. The van der Waals surface area contributed by atoms with Crippen LogP contribution in [-0.2, 0) is 0 Å². The van der Waals surface area contributed by atoms with Crippen molar-refractivity contribution in [1.29, 1.82) is 0 Å². The van der Waals surface area contributed by atoms with E-state index in [-0.39, 0.29) is 13.4 Å². The molecule has 4 nitrogen and oxygen atoms in total. The Hall–Kier alpha value is -7.69. The van der Waals surface area contributed by atoms with Crippen molar-refractivity contribution in [2.75, 3.05) is 9.80 Å². The lowest BCUT2D eigenvalue weighted by atomic mass is 9.31. The number of benzene rings is 9. The van der Waals surface area contributed by atoms with Crippen LogP contribution in [0.3, 0.4) is 0 Å². The number of nitrogens with zero attached hydrogens (tertiary/aromatic N) is 2. The van der Waals surface area contributed by atoms with E-state index in [4.69, 9.17) is 9.47 Å². The first-order valence-electron chi connectivity index (χ1n) is 26.9. The van der Waals surface area contributed by atoms with Gasteiger partial charge >= 0.3 is 0 Å². The van der Waals surface area contributed by atoms with Crippen LogP contribution >= 0.6 is 0 Å². The van der Waals surface area contributed by atoms with Crippen molar-refractivity contribution in [3.8, 4) is 45.3 Å². The summed E-state index contributed by atoms with van der Waals surface area (Å²) >= 11 is 0. The number of hydrogen-bond acceptors (Lipinski definition) is 4. The topological polar surface area (TPSA) is 24.9 Å². The highest BCUT2D eigenvalue weighted by molar-refractivity contribution is 7.02. The van der Waals surface area contributed by atoms with Gasteiger partial charge < -0.3 is 19.3 Å². The third-order valence-electron chi connectivity index (χ3n) is 16.5. The second-order valence-electron chi connectivity index (χ2n) is 22.6. The average molecular weight is 961 g/mol. The molecule has 4 aliphatic rings. The normalized spacial score (nSPS) is 13.6. The molecule has 0 unspecified atom stereocenters. The van der Waals surface area contributed by atoms with Crippen LogP contribution in [0.5, 0.6) is 23.0 Å². The Balaban J connectivity index is 1.18. The van der Waals surface area contributed by atoms with Gasteiger partial charge in [0.05, 0.1) is 11.4 Å². The van der Waals surface area contributed by atoms with Gasteiger partial charge in [-0.25, -0.2) is 0 Å². The van der Waals surface area contributed by atoms with Gasteiger partial charge in [-0.05, 0) is 152 Å². The molecule has 4 aliphatic heterocycles. The van der Waals surface area contributed by atoms with Crippen LogP contribution in [0.25, 0.3) is 22.3 Å². The van der Waals surface area contributed by atoms with E-state index in [0.717, 1.165) is 90.1 Å². The van der Waals surface area contributed by atoms with Crippen molar-refractivity contribution in [3.05, 3.63) is 203 Å². The second kappa shape index (κ2) is 17.5. The molecule has 13 rings (SSSR count). The summed E-state index contributed by atoms with van der Waals surface area (Å²) in [6.07, 6.45) is 0. The minimum atomic E-state index is -0.172. The van der Waals surface area contributed by atoms with Gasteiger partial charge in [-0.2, -0.15) is 0 Å². The second-order valence-corrected chi connectivity index (χ2v) is 22.6. The molecule has 0 bridgehead atoms. The highest BCUT2D eigenvalue weighted by Crippen LogP contribution is 2.54. The molecule has 0 fully saturated rings. The Morgan fingerprint density at radius 3 is 1.03 bits per heavy atom. The first-order valence-corrected chi connectivity index (χ1v) is 26.9. The van der Waals surface area contributed by atoms with E-state index in [9.17, 15) is 0 Å². The first-order chi connectivity index (χ1) is 35.8. The Bertz CT molecular complexity index is 3460. The summed E-state index contributed by atoms with van der Waals surface area (Å²) in [5.74, 6) is 4.95. The predicted molar refractivity (Wildman–Crippen MR) is 315 cm³/mol. The molecule has 74 heavy (non-hydrogen) atoms. The smallest absolute Gasteiger partial charge is 0.256 e. The number of fused-ring (bicyclic) bond motifs is 10. The Labute approximate surface area is 438 Å². The molecule has 0 aromatic heterocycles. The fraction of sp³-hybridized carbons (Fsp3) is 0.206. The molecule has 4 heterocycles. The number of ether oxygens (including phenoxy) is 2. The Morgan fingerprint density at radius 2 is 0.676 bits per heavy atom. The SMILES string of the molecule is Cc1ccc(-c2ccc3c(c2)Oc2c4c(c5c6c2N(c2ccc(C(C)C)cc2)c2ccc(C(C)C)cc2B6c2ccc(-c6ccc(C)cc6)cc2O5)N(c2ccc(C(C)C)cc2)c2ccc(C(C)C)cc2B34)cc1. The lowest BCUT2D eigenvalue weighted by Gasteiger charge is -2.47. The summed E-state index contributed by atoms with van der Waals surface area (Å²) in [6, 6.07) is 64.5. The zero-order valence-corrected chi connectivity index (χ0v) is 44.3. The van der Waals surface area contributed by atoms with Gasteiger partial charge in [0.2, 0.25) is 0 Å². The maximum atomic E-state index is 7.85. The molecule has 0 atom stereocenters. The molecule has 0 aliphatic carbocycles. The van der Waals surface area contributed by atoms with E-state index in [2.05, 4.69) is 249 Å². The van der Waals surface area contributed by atoms with E-state index >= 15 is 0 Å². The first kappa shape index (κ1) is 46.1. The summed E-state index contributed by atoms with van der Waals surface area (Å²) in [7, 11) is 0. The summed E-state index contributed by atoms with van der Waals surface area (Å²) in [6.45, 7) is 22.3. The number of anilines is 6. The fourth-order valence-corrected chi connectivity index (χ4v) is 12.2. The minimum Gasteiger partial charge on any atom is -0.456 e. The third kappa shape index (κ3) is 7.27. The molecule has 9 aromatic rings. The molecular weight excluding hydrogens is 898 g/mol. The Morgan fingerprint density at radius 1 is 0.338 bits per heavy atom. The Kier molecular flexibility index (Phi) is 10.9. The van der Waals surface area contributed by atoms with Crippen LogP contribution in [0.4, 0.5) is 34.1 Å². The summed E-state index contributed by atoms with van der Waals surface area (Å²) in [4.78, 5) is 5.02. The van der Waals surface area contributed by atoms with Gasteiger partial charge in [-0.3, -0.25) is 0 Å². The number of rotatable bonds is 8. The van der Waals surface area contributed by atoms with Gasteiger partial charge in [0.15, 0.2) is 0 Å². The standard InChI is InChI=1S/C68H62B2N2O2/c1-39(2)45-19-27-53(28-20-45)71-59-33-25-49(41(5)6)35-57(59)69-55-31-23-52(48-17-13-44(10)14-18-48)38-62(55)74-68-63(69)65(71)67-64-66(68)72(54-29-21-46(22-30-54)40(3)4)60-34-26-50(42(7)8)36-58(60)70(64)56-32-24-51(37-61(56)73-67)47-15-11-43(9)12-16-47/h11-42H,1-10H3. The van der Waals surface area contributed by atoms with E-state index in [1.807, 2.05) is 0 Å². The molecule has 0 N–H and O–H groups in total. The largest absolute Gasteiger partial charge is 0.456 e. The third-order valence-corrected chi connectivity index (χ3v) is 16.5. The van der Waals surface area contributed by atoms with Crippen LogP contribution in [0, 0.1) is 13.8 Å². The zero-order valence-electron chi connectivity index (χ0n) is 44.3. The summed E-state index contributed by atoms with van der Waals surface area (Å²) < 4.78 is 15.7. The summed E-state index contributed by atoms with van der Waals surface area (Å²) in [5.41, 5.74) is 25.9. The zero-order chi connectivity index (χ0) is 50.8. The molecule has 6 heteroatoms. The van der Waals surface area contributed by atoms with Gasteiger partial charge in [0.25, 0.3) is 13.4 Å². The molecule has 0 radical (unpaired) electrons. The van der Waals surface area contributed by atoms with Crippen molar-refractivity contribution in [1.82, 2.24) is 0 Å². The molecule has 0 spiro atoms. The number of hydrogen-bond donors (Lipinski definition) is 0. The van der Waals surface area contributed by atoms with Crippen LogP contribution in [0.1, 0.15) is 112 Å². The molecular formula is C68H62B2N2O2. The van der Waals surface area contributed by atoms with Gasteiger partial charge in [-0.15, -0.1) is 0 Å². The molecule has 362 valence electrons. The van der Waals surface area contributed by atoms with Crippen LogP contribution < -0.4 is 52.1 Å². The van der Waals surface area contributed by atoms with Crippen LogP contribution in [-0.4, -0.2) is 13.4 Å². The maximum Gasteiger partial charge on any atom is 0.256 e. The lowest BCUT2D eigenvalue weighted by molar-refractivity contribution is 0.477. The molecule has 9 aromatic carbocycles. The van der Waals surface area contributed by atoms with Crippen molar-refractivity contribution in [2.45, 2.75) is 92.9 Å². The van der Waals surface area contributed by atoms with Crippen molar-refractivity contribution in [2.24, 2.45) is 0 Å². The van der Waals surface area contributed by atoms with Crippen molar-refractivity contribution < 1.29 is 9.47 Å². The van der Waals surface area contributed by atoms with Gasteiger partial charge in [-0.1, -0.05) is 188 Å². The van der Waals surface area contributed by atoms with Crippen LogP contribution in [0.15, 0.2) is 170 Å².